The second kappa shape index (κ2) is 14.0. The van der Waals surface area contributed by atoms with Crippen molar-refractivity contribution in [3.63, 3.8) is 0 Å². The number of halogens is 3. The van der Waals surface area contributed by atoms with Crippen molar-refractivity contribution in [2.75, 3.05) is 6.61 Å². The minimum Gasteiger partial charge on any atom is -0.484 e. The summed E-state index contributed by atoms with van der Waals surface area (Å²) in [6, 6.07) is 17.7. The van der Waals surface area contributed by atoms with E-state index >= 15 is 0 Å². The number of rotatable bonds is 11. The van der Waals surface area contributed by atoms with E-state index in [1.54, 1.807) is 23.1 Å². The van der Waals surface area contributed by atoms with Gasteiger partial charge in [-0.05, 0) is 73.7 Å². The van der Waals surface area contributed by atoms with Crippen LogP contribution in [0.15, 0.2) is 65.1 Å². The molecule has 0 aromatic heterocycles. The van der Waals surface area contributed by atoms with Crippen molar-refractivity contribution in [2.24, 2.45) is 0 Å². The van der Waals surface area contributed by atoms with Gasteiger partial charge in [0, 0.05) is 33.5 Å². The van der Waals surface area contributed by atoms with E-state index in [1.807, 2.05) is 70.2 Å². The zero-order valence-electron chi connectivity index (χ0n) is 22.1. The SMILES string of the molecule is CC[C@H](C)NC(=O)[C@H](Cc1ccccc1)N(Cc1ccc(Cl)cc1Cl)C(=O)COc1cc(C)c(Br)c(C)c1. The highest BCUT2D eigenvalue weighted by molar-refractivity contribution is 9.10. The monoisotopic (exact) mass is 618 g/mol. The van der Waals surface area contributed by atoms with Gasteiger partial charge in [0.25, 0.3) is 5.91 Å². The number of carbonyl (C=O) groups is 2. The Kier molecular flexibility index (Phi) is 11.1. The fourth-order valence-corrected chi connectivity index (χ4v) is 4.74. The number of benzene rings is 3. The van der Waals surface area contributed by atoms with Crippen molar-refractivity contribution in [1.29, 1.82) is 0 Å². The average Bonchev–Trinajstić information content (AvgIpc) is 2.89. The van der Waals surface area contributed by atoms with Gasteiger partial charge in [-0.2, -0.15) is 0 Å². The molecular weight excluding hydrogens is 587 g/mol. The first-order chi connectivity index (χ1) is 18.1. The second-order valence-corrected chi connectivity index (χ2v) is 11.1. The Morgan fingerprint density at radius 2 is 1.68 bits per heavy atom. The maximum Gasteiger partial charge on any atom is 0.261 e. The number of aryl methyl sites for hydroxylation is 2. The van der Waals surface area contributed by atoms with Crippen LogP contribution in [-0.4, -0.2) is 35.4 Å². The fourth-order valence-electron chi connectivity index (χ4n) is 4.05. The number of amides is 2. The summed E-state index contributed by atoms with van der Waals surface area (Å²) in [6.07, 6.45) is 1.11. The number of carbonyl (C=O) groups excluding carboxylic acids is 2. The minimum atomic E-state index is -0.775. The first kappa shape index (κ1) is 30.0. The number of ether oxygens (including phenoxy) is 1. The summed E-state index contributed by atoms with van der Waals surface area (Å²) in [7, 11) is 0. The van der Waals surface area contributed by atoms with Gasteiger partial charge >= 0.3 is 0 Å². The lowest BCUT2D eigenvalue weighted by atomic mass is 10.0. The number of nitrogens with zero attached hydrogens (tertiary/aromatic N) is 1. The summed E-state index contributed by atoms with van der Waals surface area (Å²) >= 11 is 16.2. The van der Waals surface area contributed by atoms with Crippen molar-refractivity contribution in [3.05, 3.63) is 97.4 Å². The van der Waals surface area contributed by atoms with Crippen LogP contribution in [0.4, 0.5) is 0 Å². The van der Waals surface area contributed by atoms with Crippen LogP contribution < -0.4 is 10.1 Å². The predicted octanol–water partition coefficient (Wildman–Crippen LogP) is 7.31. The Labute approximate surface area is 243 Å². The Morgan fingerprint density at radius 3 is 2.29 bits per heavy atom. The first-order valence-corrected chi connectivity index (χ1v) is 14.1. The maximum absolute atomic E-state index is 13.8. The van der Waals surface area contributed by atoms with Crippen molar-refractivity contribution in [1.82, 2.24) is 10.2 Å². The third-order valence-corrected chi connectivity index (χ3v) is 8.24. The van der Waals surface area contributed by atoms with E-state index in [0.29, 0.717) is 27.8 Å². The maximum atomic E-state index is 13.8. The molecule has 1 N–H and O–H groups in total. The normalized spacial score (nSPS) is 12.5. The molecular formula is C30H33BrCl2N2O3. The Balaban J connectivity index is 1.96. The van der Waals surface area contributed by atoms with Crippen molar-refractivity contribution in [3.8, 4) is 5.75 Å². The molecule has 0 saturated carbocycles. The van der Waals surface area contributed by atoms with Crippen LogP contribution in [0, 0.1) is 13.8 Å². The largest absolute Gasteiger partial charge is 0.484 e. The third-order valence-electron chi connectivity index (χ3n) is 6.40. The lowest BCUT2D eigenvalue weighted by Crippen LogP contribution is -2.53. The van der Waals surface area contributed by atoms with E-state index < -0.39 is 6.04 Å². The van der Waals surface area contributed by atoms with Gasteiger partial charge in [-0.25, -0.2) is 0 Å². The molecule has 0 spiro atoms. The lowest BCUT2D eigenvalue weighted by molar-refractivity contribution is -0.143. The third kappa shape index (κ3) is 8.23. The van der Waals surface area contributed by atoms with E-state index in [9.17, 15) is 9.59 Å². The second-order valence-electron chi connectivity index (χ2n) is 9.44. The lowest BCUT2D eigenvalue weighted by Gasteiger charge is -2.32. The molecule has 0 bridgehead atoms. The molecule has 0 heterocycles. The van der Waals surface area contributed by atoms with Gasteiger partial charge in [0.1, 0.15) is 11.8 Å². The smallest absolute Gasteiger partial charge is 0.261 e. The summed E-state index contributed by atoms with van der Waals surface area (Å²) in [5.74, 6) is 0.0381. The van der Waals surface area contributed by atoms with Gasteiger partial charge in [0.2, 0.25) is 5.91 Å². The van der Waals surface area contributed by atoms with Crippen LogP contribution in [-0.2, 0) is 22.6 Å². The summed E-state index contributed by atoms with van der Waals surface area (Å²) in [6.45, 7) is 7.78. The standard InChI is InChI=1S/C30H33BrCl2N2O3/c1-5-21(4)34-30(37)27(15-22-9-7-6-8-10-22)35(17-23-11-12-24(32)16-26(23)33)28(36)18-38-25-13-19(2)29(31)20(3)14-25/h6-14,16,21,27H,5,15,17-18H2,1-4H3,(H,34,37)/t21-,27-/m0/s1. The zero-order chi connectivity index (χ0) is 27.8. The number of hydrogen-bond donors (Lipinski definition) is 1. The molecule has 0 unspecified atom stereocenters. The van der Waals surface area contributed by atoms with Crippen molar-refractivity contribution in [2.45, 2.75) is 59.2 Å². The topological polar surface area (TPSA) is 58.6 Å². The molecule has 0 aliphatic rings. The van der Waals surface area contributed by atoms with E-state index in [1.165, 1.54) is 0 Å². The fraction of sp³-hybridized carbons (Fsp3) is 0.333. The number of hydrogen-bond acceptors (Lipinski definition) is 3. The quantitative estimate of drug-likeness (QED) is 0.245. The molecule has 2 amide bonds. The highest BCUT2D eigenvalue weighted by Crippen LogP contribution is 2.27. The van der Waals surface area contributed by atoms with Gasteiger partial charge in [-0.1, -0.05) is 82.5 Å². The Bertz CT molecular complexity index is 1250. The van der Waals surface area contributed by atoms with Gasteiger partial charge in [0.05, 0.1) is 0 Å². The summed E-state index contributed by atoms with van der Waals surface area (Å²) < 4.78 is 6.94. The van der Waals surface area contributed by atoms with Crippen molar-refractivity contribution >= 4 is 50.9 Å². The Morgan fingerprint density at radius 1 is 1.03 bits per heavy atom. The molecule has 202 valence electrons. The van der Waals surface area contributed by atoms with E-state index in [-0.39, 0.29) is 31.0 Å². The van der Waals surface area contributed by atoms with Crippen LogP contribution in [0.1, 0.15) is 42.5 Å². The van der Waals surface area contributed by atoms with Gasteiger partial charge < -0.3 is 15.0 Å². The molecule has 0 aliphatic heterocycles. The van der Waals surface area contributed by atoms with E-state index in [4.69, 9.17) is 27.9 Å². The molecule has 0 fully saturated rings. The van der Waals surface area contributed by atoms with E-state index in [2.05, 4.69) is 21.2 Å². The molecule has 0 saturated heterocycles. The molecule has 0 radical (unpaired) electrons. The molecule has 0 aliphatic carbocycles. The minimum absolute atomic E-state index is 0.0400. The summed E-state index contributed by atoms with van der Waals surface area (Å²) in [5.41, 5.74) is 3.64. The summed E-state index contributed by atoms with van der Waals surface area (Å²) in [5, 5.41) is 3.98. The molecule has 2 atom stereocenters. The highest BCUT2D eigenvalue weighted by atomic mass is 79.9. The molecule has 8 heteroatoms. The van der Waals surface area contributed by atoms with Gasteiger partial charge in [-0.15, -0.1) is 0 Å². The van der Waals surface area contributed by atoms with Crippen LogP contribution in [0.5, 0.6) is 5.75 Å². The van der Waals surface area contributed by atoms with Crippen molar-refractivity contribution < 1.29 is 14.3 Å². The average molecular weight is 620 g/mol. The predicted molar refractivity (Wildman–Crippen MR) is 158 cm³/mol. The van der Waals surface area contributed by atoms with Crippen LogP contribution >= 0.6 is 39.1 Å². The van der Waals surface area contributed by atoms with Crippen LogP contribution in [0.3, 0.4) is 0 Å². The van der Waals surface area contributed by atoms with E-state index in [0.717, 1.165) is 27.6 Å². The molecule has 3 rings (SSSR count). The van der Waals surface area contributed by atoms with Crippen LogP contribution in [0.25, 0.3) is 0 Å². The zero-order valence-corrected chi connectivity index (χ0v) is 25.2. The molecule has 38 heavy (non-hydrogen) atoms. The number of nitrogens with one attached hydrogen (secondary N) is 1. The highest BCUT2D eigenvalue weighted by Gasteiger charge is 2.31. The first-order valence-electron chi connectivity index (χ1n) is 12.6. The molecule has 3 aromatic carbocycles. The summed E-state index contributed by atoms with van der Waals surface area (Å²) in [4.78, 5) is 28.9. The van der Waals surface area contributed by atoms with Gasteiger partial charge in [-0.3, -0.25) is 9.59 Å². The Hall–Kier alpha value is -2.54. The molecule has 3 aromatic rings. The molecule has 5 nitrogen and oxygen atoms in total. The van der Waals surface area contributed by atoms with Crippen LogP contribution in [0.2, 0.25) is 10.0 Å². The van der Waals surface area contributed by atoms with Gasteiger partial charge in [0.15, 0.2) is 6.61 Å².